The lowest BCUT2D eigenvalue weighted by Crippen LogP contribution is -2.45. The Morgan fingerprint density at radius 3 is 2.25 bits per heavy atom. The van der Waals surface area contributed by atoms with E-state index in [-0.39, 0.29) is 18.1 Å². The number of aliphatic hydroxyl groups is 1. The first-order chi connectivity index (χ1) is 5.40. The van der Waals surface area contributed by atoms with Gasteiger partial charge in [-0.2, -0.15) is 0 Å². The van der Waals surface area contributed by atoms with Gasteiger partial charge >= 0.3 is 0 Å². The molecule has 0 heterocycles. The van der Waals surface area contributed by atoms with Crippen molar-refractivity contribution in [2.45, 2.75) is 39.2 Å². The molecule has 3 heteroatoms. The van der Waals surface area contributed by atoms with E-state index in [1.807, 2.05) is 20.8 Å². The first-order valence-electron chi connectivity index (χ1n) is 4.33. The second-order valence-electron chi connectivity index (χ2n) is 4.64. The second kappa shape index (κ2) is 2.73. The summed E-state index contributed by atoms with van der Waals surface area (Å²) >= 11 is 0. The van der Waals surface area contributed by atoms with E-state index < -0.39 is 5.41 Å². The molecule has 0 aromatic rings. The fourth-order valence-electron chi connectivity index (χ4n) is 1.08. The molecular weight excluding hydrogens is 154 g/mol. The van der Waals surface area contributed by atoms with Crippen LogP contribution in [0.4, 0.5) is 0 Å². The minimum absolute atomic E-state index is 0.00231. The van der Waals surface area contributed by atoms with Crippen molar-refractivity contribution in [2.24, 2.45) is 5.41 Å². The fraction of sp³-hybridized carbons (Fsp3) is 0.889. The highest BCUT2D eigenvalue weighted by atomic mass is 16.3. The third-order valence-electron chi connectivity index (χ3n) is 2.13. The number of hydrogen-bond acceptors (Lipinski definition) is 2. The number of nitrogens with one attached hydrogen (secondary N) is 1. The number of carbonyl (C=O) groups is 1. The van der Waals surface area contributed by atoms with Gasteiger partial charge in [-0.15, -0.1) is 0 Å². The van der Waals surface area contributed by atoms with Crippen LogP contribution in [0.2, 0.25) is 0 Å². The highest BCUT2D eigenvalue weighted by molar-refractivity contribution is 5.85. The van der Waals surface area contributed by atoms with Crippen LogP contribution in [-0.2, 0) is 4.79 Å². The number of amides is 1. The van der Waals surface area contributed by atoms with Crippen molar-refractivity contribution in [1.29, 1.82) is 0 Å². The van der Waals surface area contributed by atoms with Gasteiger partial charge < -0.3 is 10.4 Å². The van der Waals surface area contributed by atoms with E-state index in [9.17, 15) is 4.79 Å². The standard InChI is InChI=1S/C9H17NO2/c1-8(2,3)10-7(12)9(6-11)4-5-9/h11H,4-6H2,1-3H3,(H,10,12). The summed E-state index contributed by atoms with van der Waals surface area (Å²) in [4.78, 5) is 11.5. The number of carbonyl (C=O) groups excluding carboxylic acids is 1. The van der Waals surface area contributed by atoms with Crippen molar-refractivity contribution in [3.05, 3.63) is 0 Å². The second-order valence-corrected chi connectivity index (χ2v) is 4.64. The van der Waals surface area contributed by atoms with Gasteiger partial charge in [-0.3, -0.25) is 4.79 Å². The summed E-state index contributed by atoms with van der Waals surface area (Å²) in [6, 6.07) is 0. The van der Waals surface area contributed by atoms with Crippen LogP contribution >= 0.6 is 0 Å². The van der Waals surface area contributed by atoms with Gasteiger partial charge in [-0.25, -0.2) is 0 Å². The van der Waals surface area contributed by atoms with Gasteiger partial charge in [-0.1, -0.05) is 0 Å². The highest BCUT2D eigenvalue weighted by Crippen LogP contribution is 2.45. The van der Waals surface area contributed by atoms with Gasteiger partial charge in [-0.05, 0) is 33.6 Å². The van der Waals surface area contributed by atoms with Crippen LogP contribution < -0.4 is 5.32 Å². The Labute approximate surface area is 73.2 Å². The van der Waals surface area contributed by atoms with Crippen molar-refractivity contribution in [2.75, 3.05) is 6.61 Å². The lowest BCUT2D eigenvalue weighted by molar-refractivity contribution is -0.129. The Morgan fingerprint density at radius 2 is 2.00 bits per heavy atom. The third-order valence-corrected chi connectivity index (χ3v) is 2.13. The molecule has 0 radical (unpaired) electrons. The van der Waals surface area contributed by atoms with Crippen molar-refractivity contribution < 1.29 is 9.90 Å². The Hall–Kier alpha value is -0.570. The molecule has 0 unspecified atom stereocenters. The van der Waals surface area contributed by atoms with E-state index >= 15 is 0 Å². The Kier molecular flexibility index (Phi) is 2.17. The van der Waals surface area contributed by atoms with E-state index in [2.05, 4.69) is 5.32 Å². The van der Waals surface area contributed by atoms with Gasteiger partial charge in [0.1, 0.15) is 0 Å². The van der Waals surface area contributed by atoms with Gasteiger partial charge in [0.15, 0.2) is 0 Å². The maximum absolute atomic E-state index is 11.5. The van der Waals surface area contributed by atoms with Gasteiger partial charge in [0, 0.05) is 5.54 Å². The largest absolute Gasteiger partial charge is 0.395 e. The zero-order valence-electron chi connectivity index (χ0n) is 7.98. The number of rotatable bonds is 2. The van der Waals surface area contributed by atoms with Crippen LogP contribution in [-0.4, -0.2) is 23.2 Å². The van der Waals surface area contributed by atoms with E-state index in [4.69, 9.17) is 5.11 Å². The summed E-state index contributed by atoms with van der Waals surface area (Å²) in [5.41, 5.74) is -0.630. The zero-order valence-corrected chi connectivity index (χ0v) is 7.98. The van der Waals surface area contributed by atoms with Crippen LogP contribution in [0.3, 0.4) is 0 Å². The lowest BCUT2D eigenvalue weighted by Gasteiger charge is -2.23. The molecule has 12 heavy (non-hydrogen) atoms. The third kappa shape index (κ3) is 1.97. The minimum atomic E-state index is -0.437. The molecule has 1 aliphatic carbocycles. The molecule has 0 aromatic heterocycles. The maximum Gasteiger partial charge on any atom is 0.228 e. The van der Waals surface area contributed by atoms with Gasteiger partial charge in [0.05, 0.1) is 12.0 Å². The van der Waals surface area contributed by atoms with E-state index in [1.165, 1.54) is 0 Å². The summed E-state index contributed by atoms with van der Waals surface area (Å²) in [6.45, 7) is 5.81. The van der Waals surface area contributed by atoms with Crippen molar-refractivity contribution in [3.63, 3.8) is 0 Å². The maximum atomic E-state index is 11.5. The summed E-state index contributed by atoms with van der Waals surface area (Å²) < 4.78 is 0. The normalized spacial score (nSPS) is 20.3. The zero-order chi connectivity index (χ0) is 9.41. The molecule has 3 nitrogen and oxygen atoms in total. The summed E-state index contributed by atoms with van der Waals surface area (Å²) in [6.07, 6.45) is 1.65. The molecule has 0 spiro atoms. The molecule has 1 saturated carbocycles. The smallest absolute Gasteiger partial charge is 0.228 e. The Morgan fingerprint density at radius 1 is 1.50 bits per heavy atom. The van der Waals surface area contributed by atoms with Gasteiger partial charge in [0.25, 0.3) is 0 Å². The topological polar surface area (TPSA) is 49.3 Å². The van der Waals surface area contributed by atoms with Crippen molar-refractivity contribution >= 4 is 5.91 Å². The lowest BCUT2D eigenvalue weighted by atomic mass is 10.0. The molecule has 2 N–H and O–H groups in total. The molecular formula is C9H17NO2. The molecule has 0 bridgehead atoms. The predicted octanol–water partition coefficient (Wildman–Crippen LogP) is 0.674. The molecule has 1 rings (SSSR count). The van der Waals surface area contributed by atoms with Gasteiger partial charge in [0.2, 0.25) is 5.91 Å². The molecule has 70 valence electrons. The van der Waals surface area contributed by atoms with Crippen LogP contribution in [0, 0.1) is 5.41 Å². The fourth-order valence-corrected chi connectivity index (χ4v) is 1.08. The average Bonchev–Trinajstić information content (AvgIpc) is 2.62. The first-order valence-corrected chi connectivity index (χ1v) is 4.33. The Balaban J connectivity index is 2.49. The molecule has 1 fully saturated rings. The highest BCUT2D eigenvalue weighted by Gasteiger charge is 2.49. The quantitative estimate of drug-likeness (QED) is 0.641. The first kappa shape index (κ1) is 9.52. The summed E-state index contributed by atoms with van der Waals surface area (Å²) in [5, 5.41) is 11.8. The molecule has 0 saturated heterocycles. The average molecular weight is 171 g/mol. The minimum Gasteiger partial charge on any atom is -0.395 e. The number of aliphatic hydroxyl groups excluding tert-OH is 1. The Bertz CT molecular complexity index is 189. The number of hydrogen-bond donors (Lipinski definition) is 2. The van der Waals surface area contributed by atoms with E-state index in [0.29, 0.717) is 0 Å². The molecule has 0 aromatic carbocycles. The molecule has 0 aliphatic heterocycles. The van der Waals surface area contributed by atoms with Crippen LogP contribution in [0.5, 0.6) is 0 Å². The molecule has 1 aliphatic rings. The van der Waals surface area contributed by atoms with E-state index in [1.54, 1.807) is 0 Å². The predicted molar refractivity (Wildman–Crippen MR) is 46.6 cm³/mol. The summed E-state index contributed by atoms with van der Waals surface area (Å²) in [5.74, 6) is -0.00231. The molecule has 0 atom stereocenters. The SMILES string of the molecule is CC(C)(C)NC(=O)C1(CO)CC1. The van der Waals surface area contributed by atoms with Crippen LogP contribution in [0.15, 0.2) is 0 Å². The monoisotopic (exact) mass is 171 g/mol. The summed E-state index contributed by atoms with van der Waals surface area (Å²) in [7, 11) is 0. The van der Waals surface area contributed by atoms with Crippen LogP contribution in [0.25, 0.3) is 0 Å². The van der Waals surface area contributed by atoms with Crippen molar-refractivity contribution in [3.8, 4) is 0 Å². The molecule has 1 amide bonds. The van der Waals surface area contributed by atoms with E-state index in [0.717, 1.165) is 12.8 Å². The van der Waals surface area contributed by atoms with Crippen LogP contribution in [0.1, 0.15) is 33.6 Å². The van der Waals surface area contributed by atoms with Crippen molar-refractivity contribution in [1.82, 2.24) is 5.32 Å².